The van der Waals surface area contributed by atoms with Gasteiger partial charge in [-0.25, -0.2) is 9.97 Å². The zero-order valence-corrected chi connectivity index (χ0v) is 11.5. The molecule has 3 N–H and O–H groups in total. The predicted octanol–water partition coefficient (Wildman–Crippen LogP) is 3.11. The number of aryl methyl sites for hydroxylation is 1. The highest BCUT2D eigenvalue weighted by molar-refractivity contribution is 6.32. The van der Waals surface area contributed by atoms with Crippen molar-refractivity contribution in [1.29, 1.82) is 0 Å². The van der Waals surface area contributed by atoms with E-state index in [1.54, 1.807) is 19.2 Å². The molecule has 0 radical (unpaired) electrons. The van der Waals surface area contributed by atoms with Crippen molar-refractivity contribution >= 4 is 23.1 Å². The van der Waals surface area contributed by atoms with E-state index < -0.39 is 0 Å². The molecular formula is C13H15ClN4O. The minimum atomic E-state index is 0.431. The van der Waals surface area contributed by atoms with E-state index in [-0.39, 0.29) is 0 Å². The Kier molecular flexibility index (Phi) is 4.06. The molecule has 0 aliphatic carbocycles. The molecular weight excluding hydrogens is 264 g/mol. The minimum Gasteiger partial charge on any atom is -0.437 e. The van der Waals surface area contributed by atoms with Gasteiger partial charge in [-0.2, -0.15) is 0 Å². The number of nitrogens with two attached hydrogens (primary N) is 1. The number of hydrogen-bond acceptors (Lipinski definition) is 5. The molecule has 1 aromatic carbocycles. The SMILES string of the molecule is CCc1cc(N)cc(Cl)c1Oc1cc(NC)ncn1. The van der Waals surface area contributed by atoms with Crippen molar-refractivity contribution in [3.8, 4) is 11.6 Å². The zero-order valence-electron chi connectivity index (χ0n) is 10.8. The summed E-state index contributed by atoms with van der Waals surface area (Å²) in [5, 5.41) is 3.39. The first-order chi connectivity index (χ1) is 9.13. The molecule has 0 aliphatic heterocycles. The number of nitrogen functional groups attached to an aromatic ring is 1. The molecule has 5 nitrogen and oxygen atoms in total. The van der Waals surface area contributed by atoms with Crippen LogP contribution in [0, 0.1) is 0 Å². The van der Waals surface area contributed by atoms with Crippen LogP contribution in [-0.4, -0.2) is 17.0 Å². The second-order valence-corrected chi connectivity index (χ2v) is 4.35. The highest BCUT2D eigenvalue weighted by Crippen LogP contribution is 2.35. The fourth-order valence-electron chi connectivity index (χ4n) is 1.69. The number of hydrogen-bond donors (Lipinski definition) is 2. The summed E-state index contributed by atoms with van der Waals surface area (Å²) in [6, 6.07) is 5.21. The van der Waals surface area contributed by atoms with Crippen LogP contribution in [0.2, 0.25) is 5.02 Å². The quantitative estimate of drug-likeness (QED) is 0.841. The lowest BCUT2D eigenvalue weighted by molar-refractivity contribution is 0.457. The highest BCUT2D eigenvalue weighted by Gasteiger charge is 2.11. The molecule has 19 heavy (non-hydrogen) atoms. The van der Waals surface area contributed by atoms with Gasteiger partial charge in [0.2, 0.25) is 5.88 Å². The average Bonchev–Trinajstić information content (AvgIpc) is 2.41. The van der Waals surface area contributed by atoms with Crippen molar-refractivity contribution in [3.05, 3.63) is 35.1 Å². The highest BCUT2D eigenvalue weighted by atomic mass is 35.5. The summed E-state index contributed by atoms with van der Waals surface area (Å²) in [6.07, 6.45) is 2.20. The molecule has 0 fully saturated rings. The second-order valence-electron chi connectivity index (χ2n) is 3.94. The molecule has 1 aromatic heterocycles. The van der Waals surface area contributed by atoms with Crippen molar-refractivity contribution in [2.75, 3.05) is 18.1 Å². The van der Waals surface area contributed by atoms with Gasteiger partial charge in [0.15, 0.2) is 5.75 Å². The number of nitrogens with zero attached hydrogens (tertiary/aromatic N) is 2. The van der Waals surface area contributed by atoms with E-state index in [0.717, 1.165) is 12.0 Å². The van der Waals surface area contributed by atoms with Crippen LogP contribution in [0.15, 0.2) is 24.5 Å². The van der Waals surface area contributed by atoms with Crippen LogP contribution < -0.4 is 15.8 Å². The van der Waals surface area contributed by atoms with E-state index in [0.29, 0.717) is 28.2 Å². The van der Waals surface area contributed by atoms with Crippen molar-refractivity contribution < 1.29 is 4.74 Å². The summed E-state index contributed by atoms with van der Waals surface area (Å²) >= 11 is 6.17. The van der Waals surface area contributed by atoms with Gasteiger partial charge in [-0.3, -0.25) is 0 Å². The normalized spacial score (nSPS) is 10.3. The Bertz CT molecular complexity index is 589. The van der Waals surface area contributed by atoms with Crippen LogP contribution >= 0.6 is 11.6 Å². The summed E-state index contributed by atoms with van der Waals surface area (Å²) in [5.41, 5.74) is 7.33. The third-order valence-electron chi connectivity index (χ3n) is 2.63. The number of nitrogens with one attached hydrogen (secondary N) is 1. The van der Waals surface area contributed by atoms with Crippen LogP contribution in [0.4, 0.5) is 11.5 Å². The molecule has 0 aliphatic rings. The van der Waals surface area contributed by atoms with Crippen LogP contribution in [0.1, 0.15) is 12.5 Å². The third-order valence-corrected chi connectivity index (χ3v) is 2.91. The van der Waals surface area contributed by atoms with Crippen LogP contribution in [-0.2, 0) is 6.42 Å². The molecule has 0 amide bonds. The Labute approximate surface area is 116 Å². The topological polar surface area (TPSA) is 73.1 Å². The smallest absolute Gasteiger partial charge is 0.224 e. The fraction of sp³-hybridized carbons (Fsp3) is 0.231. The van der Waals surface area contributed by atoms with Gasteiger partial charge in [-0.15, -0.1) is 0 Å². The van der Waals surface area contributed by atoms with Crippen LogP contribution in [0.5, 0.6) is 11.6 Å². The molecule has 1 heterocycles. The first-order valence-electron chi connectivity index (χ1n) is 5.89. The molecule has 2 rings (SSSR count). The largest absolute Gasteiger partial charge is 0.437 e. The van der Waals surface area contributed by atoms with Crippen LogP contribution in [0.3, 0.4) is 0 Å². The monoisotopic (exact) mass is 278 g/mol. The summed E-state index contributed by atoms with van der Waals surface area (Å²) in [7, 11) is 1.78. The Balaban J connectivity index is 2.37. The molecule has 2 aromatic rings. The van der Waals surface area contributed by atoms with Crippen molar-refractivity contribution in [1.82, 2.24) is 9.97 Å². The van der Waals surface area contributed by atoms with Crippen molar-refractivity contribution in [3.63, 3.8) is 0 Å². The summed E-state index contributed by atoms with van der Waals surface area (Å²) in [6.45, 7) is 2.01. The number of aromatic nitrogens is 2. The molecule has 0 saturated heterocycles. The number of rotatable bonds is 4. The third kappa shape index (κ3) is 3.06. The number of ether oxygens (including phenoxy) is 1. The Morgan fingerprint density at radius 3 is 2.79 bits per heavy atom. The van der Waals surface area contributed by atoms with E-state index in [1.807, 2.05) is 13.0 Å². The first-order valence-corrected chi connectivity index (χ1v) is 6.27. The number of halogens is 1. The molecule has 0 bridgehead atoms. The van der Waals surface area contributed by atoms with Gasteiger partial charge in [0, 0.05) is 18.8 Å². The van der Waals surface area contributed by atoms with E-state index in [4.69, 9.17) is 22.1 Å². The molecule has 0 saturated carbocycles. The zero-order chi connectivity index (χ0) is 13.8. The van der Waals surface area contributed by atoms with E-state index >= 15 is 0 Å². The van der Waals surface area contributed by atoms with Gasteiger partial charge >= 0.3 is 0 Å². The fourth-order valence-corrected chi connectivity index (χ4v) is 1.97. The predicted molar refractivity (Wildman–Crippen MR) is 76.9 cm³/mol. The Morgan fingerprint density at radius 2 is 2.11 bits per heavy atom. The van der Waals surface area contributed by atoms with Gasteiger partial charge in [0.05, 0.1) is 5.02 Å². The molecule has 0 unspecified atom stereocenters. The van der Waals surface area contributed by atoms with Crippen molar-refractivity contribution in [2.45, 2.75) is 13.3 Å². The lowest BCUT2D eigenvalue weighted by atomic mass is 10.1. The Hall–Kier alpha value is -2.01. The lowest BCUT2D eigenvalue weighted by Gasteiger charge is -2.12. The maximum Gasteiger partial charge on any atom is 0.224 e. The van der Waals surface area contributed by atoms with Crippen molar-refractivity contribution in [2.24, 2.45) is 0 Å². The Morgan fingerprint density at radius 1 is 1.32 bits per heavy atom. The second kappa shape index (κ2) is 5.75. The minimum absolute atomic E-state index is 0.431. The van der Waals surface area contributed by atoms with Gasteiger partial charge in [0.25, 0.3) is 0 Å². The van der Waals surface area contributed by atoms with Gasteiger partial charge in [-0.05, 0) is 24.1 Å². The lowest BCUT2D eigenvalue weighted by Crippen LogP contribution is -1.98. The molecule has 0 atom stereocenters. The molecule has 100 valence electrons. The average molecular weight is 279 g/mol. The summed E-state index contributed by atoms with van der Waals surface area (Å²) in [5.74, 6) is 1.69. The maximum atomic E-state index is 6.17. The first kappa shape index (κ1) is 13.4. The van der Waals surface area contributed by atoms with Gasteiger partial charge < -0.3 is 15.8 Å². The van der Waals surface area contributed by atoms with Gasteiger partial charge in [-0.1, -0.05) is 18.5 Å². The van der Waals surface area contributed by atoms with E-state index in [1.165, 1.54) is 6.33 Å². The number of benzene rings is 1. The maximum absolute atomic E-state index is 6.17. The molecule has 0 spiro atoms. The van der Waals surface area contributed by atoms with Crippen LogP contribution in [0.25, 0.3) is 0 Å². The summed E-state index contributed by atoms with van der Waals surface area (Å²) in [4.78, 5) is 8.08. The standard InChI is InChI=1S/C13H15ClN4O/c1-3-8-4-9(15)5-10(14)13(8)19-12-6-11(16-2)17-7-18-12/h4-7H,3,15H2,1-2H3,(H,16,17,18). The number of anilines is 2. The van der Waals surface area contributed by atoms with E-state index in [2.05, 4.69) is 15.3 Å². The van der Waals surface area contributed by atoms with E-state index in [9.17, 15) is 0 Å². The van der Waals surface area contributed by atoms with Gasteiger partial charge in [0.1, 0.15) is 12.1 Å². The summed E-state index contributed by atoms with van der Waals surface area (Å²) < 4.78 is 5.75. The molecule has 6 heteroatoms.